The van der Waals surface area contributed by atoms with Gasteiger partial charge in [-0.15, -0.1) is 0 Å². The average Bonchev–Trinajstić information content (AvgIpc) is 2.28. The molecular weight excluding hydrogens is 280 g/mol. The molecule has 0 fully saturated rings. The summed E-state index contributed by atoms with van der Waals surface area (Å²) >= 11 is 4.88. The van der Waals surface area contributed by atoms with E-state index in [-0.39, 0.29) is 10.8 Å². The molecule has 0 aliphatic heterocycles. The van der Waals surface area contributed by atoms with Gasteiger partial charge < -0.3 is 10.6 Å². The van der Waals surface area contributed by atoms with Gasteiger partial charge in [0.25, 0.3) is 0 Å². The van der Waals surface area contributed by atoms with Crippen molar-refractivity contribution in [3.05, 3.63) is 29.6 Å². The molecule has 0 aromatic heterocycles. The van der Waals surface area contributed by atoms with Crippen LogP contribution in [0.1, 0.15) is 19.4 Å². The molecule has 0 atom stereocenters. The van der Waals surface area contributed by atoms with E-state index in [4.69, 9.17) is 12.2 Å². The maximum absolute atomic E-state index is 13.4. The largest absolute Gasteiger partial charge is 0.416 e. The Labute approximate surface area is 114 Å². The zero-order chi connectivity index (χ0) is 14.6. The molecule has 0 saturated carbocycles. The summed E-state index contributed by atoms with van der Waals surface area (Å²) in [6, 6.07) is 2.14. The second kappa shape index (κ2) is 6.18. The minimum atomic E-state index is -4.52. The zero-order valence-corrected chi connectivity index (χ0v) is 11.3. The smallest absolute Gasteiger partial charge is 0.362 e. The third-order valence-electron chi connectivity index (χ3n) is 2.21. The highest BCUT2D eigenvalue weighted by atomic mass is 32.1. The predicted octanol–water partition coefficient (Wildman–Crippen LogP) is 3.79. The number of benzene rings is 1. The van der Waals surface area contributed by atoms with Gasteiger partial charge in [0.05, 0.1) is 11.3 Å². The third kappa shape index (κ3) is 5.02. The second-order valence-corrected chi connectivity index (χ2v) is 4.83. The highest BCUT2D eigenvalue weighted by molar-refractivity contribution is 7.80. The molecule has 106 valence electrons. The molecule has 0 saturated heterocycles. The molecule has 0 unspecified atom stereocenters. The summed E-state index contributed by atoms with van der Waals surface area (Å²) < 4.78 is 50.9. The normalized spacial score (nSPS) is 11.5. The molecule has 1 aromatic rings. The van der Waals surface area contributed by atoms with Gasteiger partial charge in [-0.1, -0.05) is 13.8 Å². The minimum absolute atomic E-state index is 0.0897. The highest BCUT2D eigenvalue weighted by Crippen LogP contribution is 2.31. The molecule has 0 bridgehead atoms. The van der Waals surface area contributed by atoms with Crippen LogP contribution in [0.5, 0.6) is 0 Å². The lowest BCUT2D eigenvalue weighted by Gasteiger charge is -2.14. The number of hydrogen-bond donors (Lipinski definition) is 2. The monoisotopic (exact) mass is 294 g/mol. The van der Waals surface area contributed by atoms with Crippen LogP contribution in [0.25, 0.3) is 0 Å². The van der Waals surface area contributed by atoms with Crippen molar-refractivity contribution in [1.29, 1.82) is 0 Å². The fraction of sp³-hybridized carbons (Fsp3) is 0.417. The van der Waals surface area contributed by atoms with Crippen LogP contribution in [-0.2, 0) is 6.18 Å². The van der Waals surface area contributed by atoms with Gasteiger partial charge in [-0.3, -0.25) is 0 Å². The molecule has 1 rings (SSSR count). The van der Waals surface area contributed by atoms with E-state index in [1.54, 1.807) is 0 Å². The summed E-state index contributed by atoms with van der Waals surface area (Å²) in [7, 11) is 0. The quantitative estimate of drug-likeness (QED) is 0.655. The lowest BCUT2D eigenvalue weighted by Crippen LogP contribution is -2.31. The summed E-state index contributed by atoms with van der Waals surface area (Å²) in [5.74, 6) is -0.479. The third-order valence-corrected chi connectivity index (χ3v) is 2.46. The van der Waals surface area contributed by atoms with Crippen LogP contribution in [0.15, 0.2) is 18.2 Å². The number of thiocarbonyl (C=S) groups is 1. The van der Waals surface area contributed by atoms with E-state index >= 15 is 0 Å². The first-order valence-corrected chi connectivity index (χ1v) is 6.02. The number of halogens is 4. The standard InChI is InChI=1S/C12H14F4N2S/c1-7(2)6-17-11(19)18-10-5-8(12(14,15)16)3-4-9(10)13/h3-5,7H,6H2,1-2H3,(H2,17,18,19). The van der Waals surface area contributed by atoms with Gasteiger partial charge in [-0.2, -0.15) is 13.2 Å². The SMILES string of the molecule is CC(C)CNC(=S)Nc1cc(C(F)(F)F)ccc1F. The fourth-order valence-corrected chi connectivity index (χ4v) is 1.45. The molecule has 7 heteroatoms. The van der Waals surface area contributed by atoms with Crippen LogP contribution in [0.4, 0.5) is 23.2 Å². The number of nitrogens with one attached hydrogen (secondary N) is 2. The summed E-state index contributed by atoms with van der Waals surface area (Å²) in [5.41, 5.74) is -1.22. The van der Waals surface area contributed by atoms with Gasteiger partial charge in [0, 0.05) is 6.54 Å². The van der Waals surface area contributed by atoms with Gasteiger partial charge >= 0.3 is 6.18 Å². The van der Waals surface area contributed by atoms with E-state index in [2.05, 4.69) is 10.6 Å². The van der Waals surface area contributed by atoms with Crippen molar-refractivity contribution in [3.63, 3.8) is 0 Å². The van der Waals surface area contributed by atoms with Crippen molar-refractivity contribution in [2.75, 3.05) is 11.9 Å². The number of anilines is 1. The van der Waals surface area contributed by atoms with Crippen LogP contribution in [-0.4, -0.2) is 11.7 Å². The summed E-state index contributed by atoms with van der Waals surface area (Å²) in [4.78, 5) is 0. The van der Waals surface area contributed by atoms with Crippen LogP contribution >= 0.6 is 12.2 Å². The first-order chi connectivity index (χ1) is 8.70. The lowest BCUT2D eigenvalue weighted by atomic mass is 10.2. The van der Waals surface area contributed by atoms with E-state index in [0.717, 1.165) is 6.07 Å². The van der Waals surface area contributed by atoms with Crippen LogP contribution in [0, 0.1) is 11.7 Å². The van der Waals surface area contributed by atoms with Crippen molar-refractivity contribution in [1.82, 2.24) is 5.32 Å². The lowest BCUT2D eigenvalue weighted by molar-refractivity contribution is -0.137. The van der Waals surface area contributed by atoms with Crippen molar-refractivity contribution in [2.24, 2.45) is 5.92 Å². The maximum Gasteiger partial charge on any atom is 0.416 e. The predicted molar refractivity (Wildman–Crippen MR) is 70.5 cm³/mol. The molecule has 0 aliphatic rings. The number of hydrogen-bond acceptors (Lipinski definition) is 1. The molecule has 0 aliphatic carbocycles. The topological polar surface area (TPSA) is 24.1 Å². The van der Waals surface area contributed by atoms with Gasteiger partial charge in [-0.05, 0) is 36.3 Å². The molecule has 1 aromatic carbocycles. The molecule has 0 heterocycles. The Morgan fingerprint density at radius 3 is 2.47 bits per heavy atom. The van der Waals surface area contributed by atoms with E-state index in [1.807, 2.05) is 13.8 Å². The van der Waals surface area contributed by atoms with Crippen molar-refractivity contribution >= 4 is 23.0 Å². The molecule has 19 heavy (non-hydrogen) atoms. The first kappa shape index (κ1) is 15.7. The van der Waals surface area contributed by atoms with Gasteiger partial charge in [-0.25, -0.2) is 4.39 Å². The Kier molecular flexibility index (Phi) is 5.11. The Balaban J connectivity index is 2.80. The van der Waals surface area contributed by atoms with Gasteiger partial charge in [0.15, 0.2) is 5.11 Å². The number of alkyl halides is 3. The van der Waals surface area contributed by atoms with Crippen molar-refractivity contribution in [3.8, 4) is 0 Å². The Morgan fingerprint density at radius 2 is 1.95 bits per heavy atom. The van der Waals surface area contributed by atoms with Crippen LogP contribution in [0.3, 0.4) is 0 Å². The molecule has 2 nitrogen and oxygen atoms in total. The first-order valence-electron chi connectivity index (χ1n) is 5.61. The van der Waals surface area contributed by atoms with E-state index in [1.165, 1.54) is 0 Å². The van der Waals surface area contributed by atoms with Crippen molar-refractivity contribution in [2.45, 2.75) is 20.0 Å². The molecule has 2 N–H and O–H groups in total. The molecule has 0 amide bonds. The van der Waals surface area contributed by atoms with E-state index < -0.39 is 17.6 Å². The fourth-order valence-electron chi connectivity index (χ4n) is 1.26. The second-order valence-electron chi connectivity index (χ2n) is 4.42. The Hall–Kier alpha value is -1.37. The molecule has 0 radical (unpaired) electrons. The van der Waals surface area contributed by atoms with Crippen molar-refractivity contribution < 1.29 is 17.6 Å². The highest BCUT2D eigenvalue weighted by Gasteiger charge is 2.31. The maximum atomic E-state index is 13.4. The van der Waals surface area contributed by atoms with Gasteiger partial charge in [0.2, 0.25) is 0 Å². The van der Waals surface area contributed by atoms with Crippen LogP contribution in [0.2, 0.25) is 0 Å². The van der Waals surface area contributed by atoms with E-state index in [9.17, 15) is 17.6 Å². The Morgan fingerprint density at radius 1 is 1.32 bits per heavy atom. The van der Waals surface area contributed by atoms with E-state index in [0.29, 0.717) is 24.6 Å². The Bertz CT molecular complexity index is 458. The minimum Gasteiger partial charge on any atom is -0.362 e. The zero-order valence-electron chi connectivity index (χ0n) is 10.4. The molecule has 0 spiro atoms. The van der Waals surface area contributed by atoms with Crippen LogP contribution < -0.4 is 10.6 Å². The average molecular weight is 294 g/mol. The summed E-state index contributed by atoms with van der Waals surface area (Å²) in [6.45, 7) is 4.44. The summed E-state index contributed by atoms with van der Waals surface area (Å²) in [5, 5.41) is 5.30. The number of rotatable bonds is 3. The summed E-state index contributed by atoms with van der Waals surface area (Å²) in [6.07, 6.45) is -4.52. The molecular formula is C12H14F4N2S. The van der Waals surface area contributed by atoms with Gasteiger partial charge in [0.1, 0.15) is 5.82 Å².